The van der Waals surface area contributed by atoms with E-state index < -0.39 is 45.0 Å². The highest BCUT2D eigenvalue weighted by Gasteiger charge is 2.56. The van der Waals surface area contributed by atoms with Crippen molar-refractivity contribution in [1.29, 1.82) is 0 Å². The van der Waals surface area contributed by atoms with Gasteiger partial charge >= 0.3 is 13.3 Å². The number of benzene rings is 2. The number of likely N-dealkylation sites (tertiary alicyclic amines) is 1. The third-order valence-corrected chi connectivity index (χ3v) is 11.6. The van der Waals surface area contributed by atoms with Gasteiger partial charge in [0, 0.05) is 40.4 Å². The van der Waals surface area contributed by atoms with Crippen molar-refractivity contribution in [2.75, 3.05) is 19.8 Å². The van der Waals surface area contributed by atoms with Crippen molar-refractivity contribution in [3.8, 4) is 0 Å². The first kappa shape index (κ1) is 36.0. The molecule has 0 bridgehead atoms. The Morgan fingerprint density at radius 2 is 1.74 bits per heavy atom. The molecule has 2 aliphatic rings. The van der Waals surface area contributed by atoms with Crippen LogP contribution in [0.2, 0.25) is 0 Å². The maximum atomic E-state index is 14.8. The SMILES string of the molecule is CPOP(=O)(OO)C(F)(F)c1ccc(/C(C)=C/C(=O)C[C@H](C(=O)N2CCC[C@H]2C(=O)N2CCc3ccccc3C2)C(C)(C)C)cc1. The van der Waals surface area contributed by atoms with Gasteiger partial charge in [0.25, 0.3) is 0 Å². The Balaban J connectivity index is 1.47. The highest BCUT2D eigenvalue weighted by Crippen LogP contribution is 2.68. The number of hydrogen-bond donors (Lipinski definition) is 1. The maximum Gasteiger partial charge on any atom is 0.433 e. The Morgan fingerprint density at radius 3 is 2.35 bits per heavy atom. The monoisotopic (exact) mass is 678 g/mol. The van der Waals surface area contributed by atoms with E-state index in [1.165, 1.54) is 30.4 Å². The minimum absolute atomic E-state index is 0.0623. The Morgan fingerprint density at radius 1 is 1.09 bits per heavy atom. The van der Waals surface area contributed by atoms with Crippen LogP contribution in [0.3, 0.4) is 0 Å². The molecule has 4 rings (SSSR count). The number of allylic oxidation sites excluding steroid dienone is 2. The van der Waals surface area contributed by atoms with E-state index in [2.05, 4.69) is 15.1 Å². The molecule has 2 aromatic carbocycles. The molecule has 2 heterocycles. The average molecular weight is 679 g/mol. The van der Waals surface area contributed by atoms with E-state index in [-0.39, 0.29) is 24.0 Å². The van der Waals surface area contributed by atoms with Crippen LogP contribution in [0.15, 0.2) is 54.6 Å². The zero-order chi connectivity index (χ0) is 33.9. The normalized spacial score (nSPS) is 19.7. The highest BCUT2D eigenvalue weighted by molar-refractivity contribution is 7.60. The summed E-state index contributed by atoms with van der Waals surface area (Å²) in [4.78, 5) is 44.5. The first-order valence-electron chi connectivity index (χ1n) is 15.3. The second-order valence-corrected chi connectivity index (χ2v) is 15.7. The van der Waals surface area contributed by atoms with E-state index in [0.29, 0.717) is 43.6 Å². The molecule has 4 atom stereocenters. The second kappa shape index (κ2) is 14.5. The molecule has 9 nitrogen and oxygen atoms in total. The van der Waals surface area contributed by atoms with Crippen molar-refractivity contribution in [1.82, 2.24) is 9.80 Å². The number of hydrogen-bond acceptors (Lipinski definition) is 7. The first-order valence-corrected chi connectivity index (χ1v) is 18.2. The molecule has 0 saturated carbocycles. The van der Waals surface area contributed by atoms with Gasteiger partial charge in [0.1, 0.15) is 6.04 Å². The number of ketones is 1. The number of alkyl halides is 2. The molecule has 0 spiro atoms. The standard InChI is InChI=1S/C33H42F2N2O7P2/c1-22(23-12-14-26(15-13-23)33(34,35)46(42,43-41)44-45-5)19-27(38)20-28(32(2,3)4)30(39)37-17-8-11-29(37)31(40)36-18-16-24-9-6-7-10-25(24)21-36/h6-7,9-10,12-15,19,28-29,41,45H,8,11,16-18,20-21H2,1-5H3/b22-19+/t28-,29+,46?/m1/s1. The van der Waals surface area contributed by atoms with Crippen molar-refractivity contribution in [3.05, 3.63) is 76.9 Å². The summed E-state index contributed by atoms with van der Waals surface area (Å²) in [6, 6.07) is 12.2. The number of fused-ring (bicyclic) bond motifs is 1. The third-order valence-electron chi connectivity index (χ3n) is 8.74. The summed E-state index contributed by atoms with van der Waals surface area (Å²) in [7, 11) is -5.77. The van der Waals surface area contributed by atoms with Gasteiger partial charge in [-0.05, 0) is 66.6 Å². The van der Waals surface area contributed by atoms with Crippen LogP contribution in [-0.2, 0) is 46.6 Å². The summed E-state index contributed by atoms with van der Waals surface area (Å²) in [6.45, 7) is 10.3. The van der Waals surface area contributed by atoms with Gasteiger partial charge in [0.2, 0.25) is 11.8 Å². The van der Waals surface area contributed by atoms with E-state index >= 15 is 0 Å². The Bertz CT molecular complexity index is 1520. The molecule has 1 fully saturated rings. The van der Waals surface area contributed by atoms with Crippen LogP contribution in [0.5, 0.6) is 0 Å². The zero-order valence-electron chi connectivity index (χ0n) is 26.8. The molecule has 1 saturated heterocycles. The number of carbonyl (C=O) groups excluding carboxylic acids is 3. The van der Waals surface area contributed by atoms with Gasteiger partial charge < -0.3 is 9.80 Å². The minimum Gasteiger partial charge on any atom is -0.336 e. The van der Waals surface area contributed by atoms with Crippen molar-refractivity contribution in [3.63, 3.8) is 0 Å². The van der Waals surface area contributed by atoms with Gasteiger partial charge in [-0.15, -0.1) is 4.67 Å². The van der Waals surface area contributed by atoms with Gasteiger partial charge in [-0.1, -0.05) is 69.3 Å². The smallest absolute Gasteiger partial charge is 0.336 e. The molecule has 46 heavy (non-hydrogen) atoms. The average Bonchev–Trinajstić information content (AvgIpc) is 3.52. The molecule has 1 N–H and O–H groups in total. The Hall–Kier alpha value is -2.81. The molecular formula is C33H42F2N2O7P2. The van der Waals surface area contributed by atoms with Crippen molar-refractivity contribution in [2.45, 2.75) is 71.6 Å². The molecule has 2 aromatic rings. The number of carbonyl (C=O) groups is 3. The van der Waals surface area contributed by atoms with Crippen molar-refractivity contribution >= 4 is 39.6 Å². The summed E-state index contributed by atoms with van der Waals surface area (Å²) in [5, 5.41) is 8.87. The molecule has 13 heteroatoms. The van der Waals surface area contributed by atoms with Crippen LogP contribution in [-0.4, -0.2) is 58.5 Å². The van der Waals surface area contributed by atoms with Crippen LogP contribution >= 0.6 is 16.4 Å². The lowest BCUT2D eigenvalue weighted by molar-refractivity contribution is -0.159. The van der Waals surface area contributed by atoms with Crippen molar-refractivity contribution in [2.24, 2.45) is 11.3 Å². The van der Waals surface area contributed by atoms with Crippen LogP contribution in [0.4, 0.5) is 8.78 Å². The number of amides is 2. The van der Waals surface area contributed by atoms with Gasteiger partial charge in [-0.3, -0.25) is 23.3 Å². The zero-order valence-corrected chi connectivity index (χ0v) is 28.7. The number of nitrogens with zero attached hydrogens (tertiary/aromatic N) is 2. The summed E-state index contributed by atoms with van der Waals surface area (Å²) in [5.41, 5.74) is -2.08. The van der Waals surface area contributed by atoms with E-state index in [4.69, 9.17) is 5.26 Å². The van der Waals surface area contributed by atoms with E-state index in [1.807, 2.05) is 43.9 Å². The summed E-state index contributed by atoms with van der Waals surface area (Å²) < 4.78 is 50.2. The molecule has 0 radical (unpaired) electrons. The predicted octanol–water partition coefficient (Wildman–Crippen LogP) is 7.26. The number of rotatable bonds is 11. The molecule has 2 unspecified atom stereocenters. The lowest BCUT2D eigenvalue weighted by Crippen LogP contribution is -2.51. The fourth-order valence-electron chi connectivity index (χ4n) is 6.07. The van der Waals surface area contributed by atoms with Crippen LogP contribution in [0.25, 0.3) is 5.57 Å². The third kappa shape index (κ3) is 7.66. The van der Waals surface area contributed by atoms with Crippen molar-refractivity contribution < 1.29 is 42.0 Å². The fourth-order valence-corrected chi connectivity index (χ4v) is 8.19. The summed E-state index contributed by atoms with van der Waals surface area (Å²) in [6.07, 6.45) is 3.34. The quantitative estimate of drug-likeness (QED) is 0.115. The van der Waals surface area contributed by atoms with Gasteiger partial charge in [-0.25, -0.2) is 5.26 Å². The molecule has 2 amide bonds. The van der Waals surface area contributed by atoms with Crippen LogP contribution in [0.1, 0.15) is 69.2 Å². The molecule has 0 aromatic heterocycles. The molecule has 2 aliphatic heterocycles. The van der Waals surface area contributed by atoms with Crippen LogP contribution in [0, 0.1) is 11.3 Å². The lowest BCUT2D eigenvalue weighted by atomic mass is 9.76. The van der Waals surface area contributed by atoms with Gasteiger partial charge in [0.15, 0.2) is 5.78 Å². The first-order chi connectivity index (χ1) is 21.6. The lowest BCUT2D eigenvalue weighted by Gasteiger charge is -2.37. The molecule has 0 aliphatic carbocycles. The van der Waals surface area contributed by atoms with E-state index in [0.717, 1.165) is 24.1 Å². The van der Waals surface area contributed by atoms with Crippen LogP contribution < -0.4 is 0 Å². The molecular weight excluding hydrogens is 636 g/mol. The topological polar surface area (TPSA) is 113 Å². The summed E-state index contributed by atoms with van der Waals surface area (Å²) in [5.74, 6) is -1.29. The number of halogens is 2. The Kier molecular flexibility index (Phi) is 11.4. The maximum absolute atomic E-state index is 14.8. The largest absolute Gasteiger partial charge is 0.433 e. The Labute approximate surface area is 270 Å². The van der Waals surface area contributed by atoms with Gasteiger partial charge in [-0.2, -0.15) is 8.78 Å². The second-order valence-electron chi connectivity index (χ2n) is 12.9. The van der Waals surface area contributed by atoms with E-state index in [1.54, 1.807) is 11.8 Å². The highest BCUT2D eigenvalue weighted by atomic mass is 31.2. The summed E-state index contributed by atoms with van der Waals surface area (Å²) >= 11 is 0. The predicted molar refractivity (Wildman–Crippen MR) is 173 cm³/mol. The van der Waals surface area contributed by atoms with E-state index in [9.17, 15) is 27.7 Å². The molecule has 250 valence electrons. The fraction of sp³-hybridized carbons (Fsp3) is 0.485. The van der Waals surface area contributed by atoms with Gasteiger partial charge in [0.05, 0.1) is 5.92 Å². The minimum atomic E-state index is -5.16.